The van der Waals surface area contributed by atoms with Crippen LogP contribution in [0.15, 0.2) is 30.7 Å². The Morgan fingerprint density at radius 2 is 2.42 bits per heavy atom. The minimum atomic E-state index is 0.247. The number of aliphatic hydroxyl groups is 1. The zero-order chi connectivity index (χ0) is 8.97. The molecule has 1 aromatic rings. The average Bonchev–Trinajstić information content (AvgIpc) is 2.04. The molecule has 0 aliphatic carbocycles. The minimum absolute atomic E-state index is 0.247. The Morgan fingerprint density at radius 1 is 1.67 bits per heavy atom. The van der Waals surface area contributed by atoms with Gasteiger partial charge >= 0.3 is 0 Å². The summed E-state index contributed by atoms with van der Waals surface area (Å²) in [6.07, 6.45) is 5.00. The van der Waals surface area contributed by atoms with Gasteiger partial charge in [0.1, 0.15) is 0 Å². The fraction of sp³-hybridized carbons (Fsp3) is 0.100. The fourth-order valence-electron chi connectivity index (χ4n) is 0.921. The number of aromatic nitrogens is 1. The van der Waals surface area contributed by atoms with E-state index in [-0.39, 0.29) is 5.76 Å². The van der Waals surface area contributed by atoms with Crippen LogP contribution in [0, 0.1) is 0 Å². The normalized spacial score (nSPS) is 11.2. The van der Waals surface area contributed by atoms with Gasteiger partial charge in [0.2, 0.25) is 0 Å². The first-order chi connectivity index (χ1) is 5.74. The lowest BCUT2D eigenvalue weighted by molar-refractivity contribution is 0.419. The first kappa shape index (κ1) is 8.53. The molecule has 0 amide bonds. The van der Waals surface area contributed by atoms with Crippen molar-refractivity contribution in [1.29, 1.82) is 0 Å². The lowest BCUT2D eigenvalue weighted by atomic mass is 10.2. The van der Waals surface area contributed by atoms with Gasteiger partial charge in [0.25, 0.3) is 0 Å². The van der Waals surface area contributed by atoms with Crippen LogP contribution in [0.25, 0.3) is 12.2 Å². The van der Waals surface area contributed by atoms with Gasteiger partial charge < -0.3 is 5.11 Å². The molecule has 62 valence electrons. The summed E-state index contributed by atoms with van der Waals surface area (Å²) in [5.74, 6) is 0.247. The van der Waals surface area contributed by atoms with Crippen LogP contribution in [-0.4, -0.2) is 10.1 Å². The molecule has 0 aliphatic rings. The minimum Gasteiger partial charge on any atom is -0.513 e. The van der Waals surface area contributed by atoms with E-state index >= 15 is 0 Å². The van der Waals surface area contributed by atoms with Gasteiger partial charge in [0, 0.05) is 12.3 Å². The number of rotatable bonds is 2. The molecule has 2 nitrogen and oxygen atoms in total. The maximum Gasteiger partial charge on any atom is 0.0913 e. The molecule has 0 fully saturated rings. The Balaban J connectivity index is 3.14. The molecule has 1 heterocycles. The average molecular weight is 161 g/mol. The molecule has 0 aliphatic heterocycles. The predicted octanol–water partition coefficient (Wildman–Crippen LogP) is 2.64. The molecule has 1 N–H and O–H groups in total. The van der Waals surface area contributed by atoms with Crippen LogP contribution >= 0.6 is 0 Å². The molecule has 0 aromatic carbocycles. The number of hydrogen-bond donors (Lipinski definition) is 1. The molecule has 1 aromatic heterocycles. The van der Waals surface area contributed by atoms with E-state index in [9.17, 15) is 0 Å². The van der Waals surface area contributed by atoms with Crippen molar-refractivity contribution in [1.82, 2.24) is 4.98 Å². The monoisotopic (exact) mass is 161 g/mol. The van der Waals surface area contributed by atoms with Crippen molar-refractivity contribution in [3.63, 3.8) is 0 Å². The number of aliphatic hydroxyl groups excluding tert-OH is 1. The molecule has 0 spiro atoms. The Labute approximate surface area is 71.9 Å². The zero-order valence-corrected chi connectivity index (χ0v) is 6.99. The summed E-state index contributed by atoms with van der Waals surface area (Å²) < 4.78 is 0. The second kappa shape index (κ2) is 3.72. The third-order valence-corrected chi connectivity index (χ3v) is 1.44. The topological polar surface area (TPSA) is 33.1 Å². The second-order valence-electron chi connectivity index (χ2n) is 2.47. The smallest absolute Gasteiger partial charge is 0.0913 e. The van der Waals surface area contributed by atoms with Gasteiger partial charge in [-0.25, -0.2) is 0 Å². The number of pyridine rings is 1. The highest BCUT2D eigenvalue weighted by atomic mass is 16.3. The second-order valence-corrected chi connectivity index (χ2v) is 2.47. The van der Waals surface area contributed by atoms with E-state index in [1.54, 1.807) is 25.3 Å². The third kappa shape index (κ3) is 1.95. The quantitative estimate of drug-likeness (QED) is 0.676. The van der Waals surface area contributed by atoms with Gasteiger partial charge in [-0.2, -0.15) is 0 Å². The summed E-state index contributed by atoms with van der Waals surface area (Å²) in [5.41, 5.74) is 1.67. The standard InChI is InChI=1S/C10H11NO/c1-3-9-5-4-6-11-10(9)7-8(2)12/h3-7,12H,1H2,2H3/b8-7+. The summed E-state index contributed by atoms with van der Waals surface area (Å²) in [4.78, 5) is 4.08. The highest BCUT2D eigenvalue weighted by molar-refractivity contribution is 5.61. The van der Waals surface area contributed by atoms with E-state index in [1.807, 2.05) is 12.1 Å². The highest BCUT2D eigenvalue weighted by Gasteiger charge is 1.95. The van der Waals surface area contributed by atoms with Crippen LogP contribution in [-0.2, 0) is 0 Å². The van der Waals surface area contributed by atoms with Crippen molar-refractivity contribution >= 4 is 12.2 Å². The summed E-state index contributed by atoms with van der Waals surface area (Å²) in [6, 6.07) is 3.73. The van der Waals surface area contributed by atoms with Crippen LogP contribution in [0.3, 0.4) is 0 Å². The van der Waals surface area contributed by atoms with Crippen LogP contribution in [0.1, 0.15) is 18.2 Å². The molecule has 1 rings (SSSR count). The maximum atomic E-state index is 9.01. The Hall–Kier alpha value is -1.57. The zero-order valence-electron chi connectivity index (χ0n) is 6.99. The molecule has 0 bridgehead atoms. The molecule has 0 atom stereocenters. The van der Waals surface area contributed by atoms with Gasteiger partial charge in [0.15, 0.2) is 0 Å². The maximum absolute atomic E-state index is 9.01. The van der Waals surface area contributed by atoms with Crippen LogP contribution in [0.4, 0.5) is 0 Å². The van der Waals surface area contributed by atoms with E-state index in [2.05, 4.69) is 11.6 Å². The largest absolute Gasteiger partial charge is 0.513 e. The summed E-state index contributed by atoms with van der Waals surface area (Å²) in [5, 5.41) is 9.01. The molecule has 12 heavy (non-hydrogen) atoms. The van der Waals surface area contributed by atoms with Gasteiger partial charge in [-0.1, -0.05) is 18.7 Å². The predicted molar refractivity (Wildman–Crippen MR) is 50.6 cm³/mol. The van der Waals surface area contributed by atoms with Crippen molar-refractivity contribution < 1.29 is 5.11 Å². The Kier molecular flexibility index (Phi) is 2.64. The Morgan fingerprint density at radius 3 is 3.00 bits per heavy atom. The Bertz CT molecular complexity index is 311. The molecule has 0 radical (unpaired) electrons. The molecule has 2 heteroatoms. The molecule has 0 saturated heterocycles. The molecular weight excluding hydrogens is 150 g/mol. The fourth-order valence-corrected chi connectivity index (χ4v) is 0.921. The van der Waals surface area contributed by atoms with Crippen molar-refractivity contribution in [3.8, 4) is 0 Å². The van der Waals surface area contributed by atoms with E-state index in [0.29, 0.717) is 0 Å². The van der Waals surface area contributed by atoms with Gasteiger partial charge in [-0.15, -0.1) is 0 Å². The lowest BCUT2D eigenvalue weighted by Gasteiger charge is -1.98. The van der Waals surface area contributed by atoms with Crippen LogP contribution in [0.2, 0.25) is 0 Å². The summed E-state index contributed by atoms with van der Waals surface area (Å²) >= 11 is 0. The summed E-state index contributed by atoms with van der Waals surface area (Å²) in [6.45, 7) is 5.26. The van der Waals surface area contributed by atoms with Crippen molar-refractivity contribution in [3.05, 3.63) is 41.9 Å². The van der Waals surface area contributed by atoms with E-state index < -0.39 is 0 Å². The summed E-state index contributed by atoms with van der Waals surface area (Å²) in [7, 11) is 0. The van der Waals surface area contributed by atoms with Crippen molar-refractivity contribution in [2.24, 2.45) is 0 Å². The number of hydrogen-bond acceptors (Lipinski definition) is 2. The van der Waals surface area contributed by atoms with Gasteiger partial charge in [-0.3, -0.25) is 4.98 Å². The van der Waals surface area contributed by atoms with E-state index in [4.69, 9.17) is 5.11 Å². The lowest BCUT2D eigenvalue weighted by Crippen LogP contribution is -1.85. The number of nitrogens with zero attached hydrogens (tertiary/aromatic N) is 1. The van der Waals surface area contributed by atoms with Crippen LogP contribution in [0.5, 0.6) is 0 Å². The molecular formula is C10H11NO. The number of allylic oxidation sites excluding steroid dienone is 1. The first-order valence-corrected chi connectivity index (χ1v) is 3.69. The highest BCUT2D eigenvalue weighted by Crippen LogP contribution is 2.09. The van der Waals surface area contributed by atoms with Gasteiger partial charge in [-0.05, 0) is 18.6 Å². The van der Waals surface area contributed by atoms with Crippen molar-refractivity contribution in [2.45, 2.75) is 6.92 Å². The van der Waals surface area contributed by atoms with E-state index in [1.165, 1.54) is 0 Å². The molecule has 0 saturated carbocycles. The van der Waals surface area contributed by atoms with Gasteiger partial charge in [0.05, 0.1) is 11.5 Å². The first-order valence-electron chi connectivity index (χ1n) is 3.69. The SMILES string of the molecule is C=Cc1cccnc1/C=C(\C)O. The van der Waals surface area contributed by atoms with Crippen LogP contribution < -0.4 is 0 Å². The third-order valence-electron chi connectivity index (χ3n) is 1.44. The molecule has 0 unspecified atom stereocenters. The van der Waals surface area contributed by atoms with Crippen molar-refractivity contribution in [2.75, 3.05) is 0 Å². The van der Waals surface area contributed by atoms with E-state index in [0.717, 1.165) is 11.3 Å².